The standard InChI is InChI=1S/C13H18FN3O2/c14-12-9-10(18)1-2-11(12)13(19)16-5-8-17-6-3-15-4-7-17/h1-2,9,15,18H,3-8H2,(H,16,19). The Hall–Kier alpha value is -1.66. The zero-order chi connectivity index (χ0) is 13.7. The molecule has 0 aromatic heterocycles. The van der Waals surface area contributed by atoms with E-state index >= 15 is 0 Å². The van der Waals surface area contributed by atoms with Gasteiger partial charge in [-0.2, -0.15) is 0 Å². The fraction of sp³-hybridized carbons (Fsp3) is 0.462. The van der Waals surface area contributed by atoms with Gasteiger partial charge in [0, 0.05) is 45.3 Å². The molecule has 104 valence electrons. The Balaban J connectivity index is 1.80. The van der Waals surface area contributed by atoms with Gasteiger partial charge >= 0.3 is 0 Å². The van der Waals surface area contributed by atoms with Gasteiger partial charge in [-0.05, 0) is 12.1 Å². The molecule has 1 aliphatic rings. The van der Waals surface area contributed by atoms with E-state index in [1.165, 1.54) is 12.1 Å². The fourth-order valence-electron chi connectivity index (χ4n) is 2.05. The van der Waals surface area contributed by atoms with Crippen LogP contribution in [0.25, 0.3) is 0 Å². The van der Waals surface area contributed by atoms with Gasteiger partial charge in [0.2, 0.25) is 0 Å². The van der Waals surface area contributed by atoms with Crippen LogP contribution in [0.15, 0.2) is 18.2 Å². The molecule has 3 N–H and O–H groups in total. The summed E-state index contributed by atoms with van der Waals surface area (Å²) in [5, 5.41) is 15.0. The highest BCUT2D eigenvalue weighted by molar-refractivity contribution is 5.94. The van der Waals surface area contributed by atoms with Crippen LogP contribution in [-0.2, 0) is 0 Å². The van der Waals surface area contributed by atoms with Gasteiger partial charge in [0.25, 0.3) is 5.91 Å². The van der Waals surface area contributed by atoms with Crippen LogP contribution in [-0.4, -0.2) is 55.2 Å². The summed E-state index contributed by atoms with van der Waals surface area (Å²) >= 11 is 0. The monoisotopic (exact) mass is 267 g/mol. The number of nitrogens with zero attached hydrogens (tertiary/aromatic N) is 1. The Labute approximate surface area is 111 Å². The Morgan fingerprint density at radius 1 is 1.42 bits per heavy atom. The zero-order valence-corrected chi connectivity index (χ0v) is 10.7. The maximum absolute atomic E-state index is 13.4. The Bertz CT molecular complexity index is 448. The normalized spacial score (nSPS) is 16.3. The molecule has 0 atom stereocenters. The summed E-state index contributed by atoms with van der Waals surface area (Å²) in [6.07, 6.45) is 0. The fourth-order valence-corrected chi connectivity index (χ4v) is 2.05. The highest BCUT2D eigenvalue weighted by atomic mass is 19.1. The van der Waals surface area contributed by atoms with E-state index in [4.69, 9.17) is 5.11 Å². The van der Waals surface area contributed by atoms with Crippen molar-refractivity contribution in [2.24, 2.45) is 0 Å². The van der Waals surface area contributed by atoms with E-state index in [0.717, 1.165) is 38.8 Å². The number of phenolic OH excluding ortho intramolecular Hbond substituents is 1. The average Bonchev–Trinajstić information content (AvgIpc) is 2.39. The van der Waals surface area contributed by atoms with Crippen LogP contribution >= 0.6 is 0 Å². The molecule has 2 rings (SSSR count). The van der Waals surface area contributed by atoms with Gasteiger partial charge in [0.15, 0.2) is 0 Å². The molecule has 1 aliphatic heterocycles. The number of amides is 1. The number of rotatable bonds is 4. The maximum Gasteiger partial charge on any atom is 0.254 e. The predicted octanol–water partition coefficient (Wildman–Crippen LogP) is 0.166. The summed E-state index contributed by atoms with van der Waals surface area (Å²) in [5.41, 5.74) is -0.0434. The first-order valence-corrected chi connectivity index (χ1v) is 6.36. The van der Waals surface area contributed by atoms with E-state index in [-0.39, 0.29) is 11.3 Å². The third kappa shape index (κ3) is 3.90. The number of benzene rings is 1. The van der Waals surface area contributed by atoms with E-state index in [9.17, 15) is 9.18 Å². The molecule has 0 unspecified atom stereocenters. The minimum atomic E-state index is -0.709. The number of piperazine rings is 1. The smallest absolute Gasteiger partial charge is 0.254 e. The third-order valence-electron chi connectivity index (χ3n) is 3.12. The zero-order valence-electron chi connectivity index (χ0n) is 10.7. The van der Waals surface area contributed by atoms with Crippen molar-refractivity contribution in [1.82, 2.24) is 15.5 Å². The van der Waals surface area contributed by atoms with Crippen molar-refractivity contribution >= 4 is 5.91 Å². The number of hydrogen-bond donors (Lipinski definition) is 3. The van der Waals surface area contributed by atoms with Crippen LogP contribution < -0.4 is 10.6 Å². The minimum absolute atomic E-state index is 0.0434. The molecular formula is C13H18FN3O2. The molecular weight excluding hydrogens is 249 g/mol. The summed E-state index contributed by atoms with van der Waals surface area (Å²) in [7, 11) is 0. The van der Waals surface area contributed by atoms with Gasteiger partial charge in [-0.15, -0.1) is 0 Å². The first kappa shape index (κ1) is 13.8. The summed E-state index contributed by atoms with van der Waals surface area (Å²) < 4.78 is 13.4. The number of phenols is 1. The molecule has 19 heavy (non-hydrogen) atoms. The topological polar surface area (TPSA) is 64.6 Å². The molecule has 1 aromatic rings. The third-order valence-corrected chi connectivity index (χ3v) is 3.12. The predicted molar refractivity (Wildman–Crippen MR) is 69.7 cm³/mol. The molecule has 0 saturated carbocycles. The number of carbonyl (C=O) groups excluding carboxylic acids is 1. The Morgan fingerprint density at radius 2 is 2.16 bits per heavy atom. The molecule has 6 heteroatoms. The van der Waals surface area contributed by atoms with Crippen LogP contribution in [0.2, 0.25) is 0 Å². The summed E-state index contributed by atoms with van der Waals surface area (Å²) in [6.45, 7) is 5.08. The molecule has 1 amide bonds. The largest absolute Gasteiger partial charge is 0.508 e. The molecule has 0 bridgehead atoms. The lowest BCUT2D eigenvalue weighted by molar-refractivity contribution is 0.0943. The molecule has 1 saturated heterocycles. The van der Waals surface area contributed by atoms with Crippen LogP contribution in [0.3, 0.4) is 0 Å². The first-order chi connectivity index (χ1) is 9.16. The molecule has 0 spiro atoms. The molecule has 5 nitrogen and oxygen atoms in total. The SMILES string of the molecule is O=C(NCCN1CCNCC1)c1ccc(O)cc1F. The van der Waals surface area contributed by atoms with E-state index in [1.54, 1.807) is 0 Å². The Morgan fingerprint density at radius 3 is 2.84 bits per heavy atom. The van der Waals surface area contributed by atoms with Crippen molar-refractivity contribution in [3.8, 4) is 5.75 Å². The van der Waals surface area contributed by atoms with E-state index in [1.807, 2.05) is 0 Å². The van der Waals surface area contributed by atoms with E-state index in [2.05, 4.69) is 15.5 Å². The summed E-state index contributed by atoms with van der Waals surface area (Å²) in [5.74, 6) is -1.35. The number of nitrogens with one attached hydrogen (secondary N) is 2. The van der Waals surface area contributed by atoms with Crippen molar-refractivity contribution in [1.29, 1.82) is 0 Å². The first-order valence-electron chi connectivity index (χ1n) is 6.36. The Kier molecular flexibility index (Phi) is 4.70. The quantitative estimate of drug-likeness (QED) is 0.727. The van der Waals surface area contributed by atoms with Crippen molar-refractivity contribution in [2.45, 2.75) is 0 Å². The van der Waals surface area contributed by atoms with Crippen molar-refractivity contribution in [3.05, 3.63) is 29.6 Å². The van der Waals surface area contributed by atoms with Crippen LogP contribution in [0.1, 0.15) is 10.4 Å². The minimum Gasteiger partial charge on any atom is -0.508 e. The number of carbonyl (C=O) groups is 1. The molecule has 0 aliphatic carbocycles. The average molecular weight is 267 g/mol. The lowest BCUT2D eigenvalue weighted by Gasteiger charge is -2.27. The molecule has 1 heterocycles. The van der Waals surface area contributed by atoms with Gasteiger partial charge in [-0.1, -0.05) is 0 Å². The van der Waals surface area contributed by atoms with Gasteiger partial charge in [-0.3, -0.25) is 9.69 Å². The second kappa shape index (κ2) is 6.49. The lowest BCUT2D eigenvalue weighted by atomic mass is 10.2. The number of halogens is 1. The van der Waals surface area contributed by atoms with Gasteiger partial charge in [-0.25, -0.2) is 4.39 Å². The maximum atomic E-state index is 13.4. The molecule has 1 fully saturated rings. The van der Waals surface area contributed by atoms with Crippen molar-refractivity contribution < 1.29 is 14.3 Å². The highest BCUT2D eigenvalue weighted by Crippen LogP contribution is 2.14. The molecule has 1 aromatic carbocycles. The van der Waals surface area contributed by atoms with Crippen molar-refractivity contribution in [3.63, 3.8) is 0 Å². The van der Waals surface area contributed by atoms with Crippen molar-refractivity contribution in [2.75, 3.05) is 39.3 Å². The van der Waals surface area contributed by atoms with Crippen LogP contribution in [0.5, 0.6) is 5.75 Å². The van der Waals surface area contributed by atoms with Crippen LogP contribution in [0.4, 0.5) is 4.39 Å². The summed E-state index contributed by atoms with van der Waals surface area (Å²) in [6, 6.07) is 3.52. The van der Waals surface area contributed by atoms with Gasteiger partial charge in [0.05, 0.1) is 5.56 Å². The van der Waals surface area contributed by atoms with Gasteiger partial charge in [0.1, 0.15) is 11.6 Å². The summed E-state index contributed by atoms with van der Waals surface area (Å²) in [4.78, 5) is 14.0. The highest BCUT2D eigenvalue weighted by Gasteiger charge is 2.13. The second-order valence-electron chi connectivity index (χ2n) is 4.51. The van der Waals surface area contributed by atoms with E-state index < -0.39 is 11.7 Å². The van der Waals surface area contributed by atoms with Gasteiger partial charge < -0.3 is 15.7 Å². The molecule has 0 radical (unpaired) electrons. The van der Waals surface area contributed by atoms with E-state index in [0.29, 0.717) is 6.54 Å². The lowest BCUT2D eigenvalue weighted by Crippen LogP contribution is -2.46. The number of hydrogen-bond acceptors (Lipinski definition) is 4. The number of aromatic hydroxyl groups is 1. The van der Waals surface area contributed by atoms with Crippen LogP contribution in [0, 0.1) is 5.82 Å². The second-order valence-corrected chi connectivity index (χ2v) is 4.51.